The largest absolute Gasteiger partial charge is 0.497 e. The van der Waals surface area contributed by atoms with Gasteiger partial charge in [-0.15, -0.1) is 0 Å². The SMILES string of the molecule is COc1cc(OC)cc(C2(O)CC(C)N(C3CC3)C2)c1. The summed E-state index contributed by atoms with van der Waals surface area (Å²) in [6.07, 6.45) is 3.30. The fourth-order valence-corrected chi connectivity index (χ4v) is 3.31. The zero-order valence-electron chi connectivity index (χ0n) is 12.4. The number of methoxy groups -OCH3 is 2. The van der Waals surface area contributed by atoms with Crippen molar-refractivity contribution in [1.82, 2.24) is 4.90 Å². The van der Waals surface area contributed by atoms with Crippen LogP contribution in [0.25, 0.3) is 0 Å². The number of ether oxygens (including phenoxy) is 2. The predicted octanol–water partition coefficient (Wildman–Crippen LogP) is 2.15. The molecule has 1 aliphatic heterocycles. The number of rotatable bonds is 4. The van der Waals surface area contributed by atoms with E-state index in [0.29, 0.717) is 18.6 Å². The average Bonchev–Trinajstić information content (AvgIpc) is 3.24. The van der Waals surface area contributed by atoms with Crippen LogP contribution in [0.5, 0.6) is 11.5 Å². The molecule has 0 radical (unpaired) electrons. The third-order valence-electron chi connectivity index (χ3n) is 4.55. The van der Waals surface area contributed by atoms with Crippen LogP contribution in [0, 0.1) is 0 Å². The van der Waals surface area contributed by atoms with Crippen LogP contribution in [0.2, 0.25) is 0 Å². The molecule has 1 aromatic carbocycles. The van der Waals surface area contributed by atoms with Crippen LogP contribution < -0.4 is 9.47 Å². The highest BCUT2D eigenvalue weighted by atomic mass is 16.5. The molecule has 1 aliphatic carbocycles. The zero-order valence-corrected chi connectivity index (χ0v) is 12.4. The van der Waals surface area contributed by atoms with Gasteiger partial charge in [-0.2, -0.15) is 0 Å². The summed E-state index contributed by atoms with van der Waals surface area (Å²) in [6.45, 7) is 2.91. The highest BCUT2D eigenvalue weighted by Crippen LogP contribution is 2.43. The molecule has 2 atom stereocenters. The fraction of sp³-hybridized carbons (Fsp3) is 0.625. The van der Waals surface area contributed by atoms with Crippen molar-refractivity contribution in [1.29, 1.82) is 0 Å². The van der Waals surface area contributed by atoms with E-state index in [1.54, 1.807) is 14.2 Å². The lowest BCUT2D eigenvalue weighted by Crippen LogP contribution is -2.33. The van der Waals surface area contributed by atoms with E-state index in [4.69, 9.17) is 9.47 Å². The molecule has 0 spiro atoms. The van der Waals surface area contributed by atoms with Crippen molar-refractivity contribution in [3.8, 4) is 11.5 Å². The number of benzene rings is 1. The second-order valence-electron chi connectivity index (χ2n) is 6.09. The first-order valence-corrected chi connectivity index (χ1v) is 7.27. The van der Waals surface area contributed by atoms with E-state index >= 15 is 0 Å². The van der Waals surface area contributed by atoms with Crippen LogP contribution in [-0.4, -0.2) is 42.9 Å². The van der Waals surface area contributed by atoms with Gasteiger partial charge in [0.05, 0.1) is 14.2 Å². The third kappa shape index (κ3) is 2.38. The quantitative estimate of drug-likeness (QED) is 0.915. The molecule has 0 bridgehead atoms. The Balaban J connectivity index is 1.91. The van der Waals surface area contributed by atoms with E-state index in [-0.39, 0.29) is 0 Å². The Bertz CT molecular complexity index is 478. The molecule has 2 fully saturated rings. The minimum atomic E-state index is -0.802. The summed E-state index contributed by atoms with van der Waals surface area (Å²) in [5.74, 6) is 1.45. The molecular formula is C16H23NO3. The maximum absolute atomic E-state index is 11.1. The lowest BCUT2D eigenvalue weighted by molar-refractivity contribution is 0.0447. The number of hydrogen-bond donors (Lipinski definition) is 1. The van der Waals surface area contributed by atoms with Gasteiger partial charge in [0, 0.05) is 24.7 Å². The van der Waals surface area contributed by atoms with E-state index < -0.39 is 5.60 Å². The van der Waals surface area contributed by atoms with E-state index in [9.17, 15) is 5.11 Å². The number of nitrogens with zero attached hydrogens (tertiary/aromatic N) is 1. The summed E-state index contributed by atoms with van der Waals surface area (Å²) in [5, 5.41) is 11.1. The van der Waals surface area contributed by atoms with Crippen molar-refractivity contribution in [2.75, 3.05) is 20.8 Å². The fourth-order valence-electron chi connectivity index (χ4n) is 3.31. The summed E-state index contributed by atoms with van der Waals surface area (Å²) in [5.41, 5.74) is 0.0906. The van der Waals surface area contributed by atoms with Gasteiger partial charge in [-0.25, -0.2) is 0 Å². The highest BCUT2D eigenvalue weighted by Gasteiger charge is 2.47. The average molecular weight is 277 g/mol. The van der Waals surface area contributed by atoms with Crippen LogP contribution in [0.1, 0.15) is 31.7 Å². The van der Waals surface area contributed by atoms with E-state index in [1.165, 1.54) is 12.8 Å². The molecule has 4 nitrogen and oxygen atoms in total. The first-order valence-electron chi connectivity index (χ1n) is 7.27. The van der Waals surface area contributed by atoms with Gasteiger partial charge in [0.15, 0.2) is 0 Å². The van der Waals surface area contributed by atoms with Crippen LogP contribution in [0.3, 0.4) is 0 Å². The molecule has 1 N–H and O–H groups in total. The van der Waals surface area contributed by atoms with Gasteiger partial charge in [0.2, 0.25) is 0 Å². The zero-order chi connectivity index (χ0) is 14.3. The lowest BCUT2D eigenvalue weighted by Gasteiger charge is -2.25. The minimum Gasteiger partial charge on any atom is -0.497 e. The van der Waals surface area contributed by atoms with Crippen LogP contribution in [-0.2, 0) is 5.60 Å². The molecule has 3 rings (SSSR count). The molecule has 1 saturated carbocycles. The maximum atomic E-state index is 11.1. The van der Waals surface area contributed by atoms with Crippen molar-refractivity contribution in [3.05, 3.63) is 23.8 Å². The molecule has 1 saturated heterocycles. The van der Waals surface area contributed by atoms with E-state index in [2.05, 4.69) is 11.8 Å². The Hall–Kier alpha value is -1.26. The smallest absolute Gasteiger partial charge is 0.122 e. The molecule has 4 heteroatoms. The van der Waals surface area contributed by atoms with Crippen molar-refractivity contribution < 1.29 is 14.6 Å². The van der Waals surface area contributed by atoms with Crippen LogP contribution in [0.15, 0.2) is 18.2 Å². The molecule has 110 valence electrons. The summed E-state index contributed by atoms with van der Waals surface area (Å²) in [7, 11) is 3.27. The lowest BCUT2D eigenvalue weighted by atomic mass is 9.91. The number of hydrogen-bond acceptors (Lipinski definition) is 4. The second kappa shape index (κ2) is 4.93. The second-order valence-corrected chi connectivity index (χ2v) is 6.09. The number of likely N-dealkylation sites (tertiary alicyclic amines) is 1. The molecule has 2 unspecified atom stereocenters. The van der Waals surface area contributed by atoms with Crippen molar-refractivity contribution in [2.24, 2.45) is 0 Å². The van der Waals surface area contributed by atoms with Gasteiger partial charge in [-0.3, -0.25) is 4.90 Å². The number of β-amino-alcohol motifs (C(OH)–C–C–N with tert-alkyl or cyclic N) is 1. The van der Waals surface area contributed by atoms with Gasteiger partial charge < -0.3 is 14.6 Å². The topological polar surface area (TPSA) is 41.9 Å². The van der Waals surface area contributed by atoms with Crippen LogP contribution >= 0.6 is 0 Å². The Morgan fingerprint density at radius 3 is 2.25 bits per heavy atom. The maximum Gasteiger partial charge on any atom is 0.122 e. The normalized spacial score (nSPS) is 30.5. The van der Waals surface area contributed by atoms with Crippen molar-refractivity contribution in [3.63, 3.8) is 0 Å². The standard InChI is InChI=1S/C16H23NO3/c1-11-9-16(18,10-17(11)13-4-5-13)12-6-14(19-2)8-15(7-12)20-3/h6-8,11,13,18H,4-5,9-10H2,1-3H3. The van der Waals surface area contributed by atoms with Gasteiger partial charge in [0.25, 0.3) is 0 Å². The Morgan fingerprint density at radius 1 is 1.15 bits per heavy atom. The summed E-state index contributed by atoms with van der Waals surface area (Å²) >= 11 is 0. The van der Waals surface area contributed by atoms with Gasteiger partial charge in [-0.05, 0) is 43.9 Å². The molecule has 0 amide bonds. The molecule has 1 aromatic rings. The summed E-state index contributed by atoms with van der Waals surface area (Å²) in [4.78, 5) is 2.44. The Morgan fingerprint density at radius 2 is 1.75 bits per heavy atom. The van der Waals surface area contributed by atoms with E-state index in [1.807, 2.05) is 18.2 Å². The van der Waals surface area contributed by atoms with Crippen molar-refractivity contribution in [2.45, 2.75) is 43.9 Å². The highest BCUT2D eigenvalue weighted by molar-refractivity contribution is 5.41. The number of aliphatic hydroxyl groups is 1. The minimum absolute atomic E-state index is 0.421. The molecule has 2 aliphatic rings. The first-order chi connectivity index (χ1) is 9.55. The molecule has 20 heavy (non-hydrogen) atoms. The van der Waals surface area contributed by atoms with Crippen LogP contribution in [0.4, 0.5) is 0 Å². The third-order valence-corrected chi connectivity index (χ3v) is 4.55. The molecule has 1 heterocycles. The monoisotopic (exact) mass is 277 g/mol. The molecule has 0 aromatic heterocycles. The Kier molecular flexibility index (Phi) is 3.38. The van der Waals surface area contributed by atoms with Gasteiger partial charge in [0.1, 0.15) is 17.1 Å². The predicted molar refractivity (Wildman–Crippen MR) is 77.2 cm³/mol. The molecular weight excluding hydrogens is 254 g/mol. The first kappa shape index (κ1) is 13.7. The van der Waals surface area contributed by atoms with Gasteiger partial charge in [-0.1, -0.05) is 0 Å². The summed E-state index contributed by atoms with van der Waals surface area (Å²) in [6, 6.07) is 6.78. The Labute approximate surface area is 120 Å². The van der Waals surface area contributed by atoms with Crippen molar-refractivity contribution >= 4 is 0 Å². The summed E-state index contributed by atoms with van der Waals surface area (Å²) < 4.78 is 10.6. The van der Waals surface area contributed by atoms with Gasteiger partial charge >= 0.3 is 0 Å². The van der Waals surface area contributed by atoms with E-state index in [0.717, 1.165) is 23.5 Å².